The van der Waals surface area contributed by atoms with Crippen molar-refractivity contribution in [2.75, 3.05) is 33.5 Å². The molecule has 2 aliphatic heterocycles. The van der Waals surface area contributed by atoms with Crippen LogP contribution in [0.5, 0.6) is 0 Å². The van der Waals surface area contributed by atoms with Crippen molar-refractivity contribution in [1.82, 2.24) is 0 Å². The number of rotatable bonds is 36. The van der Waals surface area contributed by atoms with Crippen LogP contribution >= 0.6 is 0 Å². The number of ether oxygens (including phenoxy) is 12. The molecule has 8 aromatic carbocycles. The summed E-state index contributed by atoms with van der Waals surface area (Å²) in [6.07, 6.45) is -5.61. The van der Waals surface area contributed by atoms with Crippen molar-refractivity contribution < 1.29 is 71.4 Å². The Balaban J connectivity index is 1.08. The first-order chi connectivity index (χ1) is 44.9. The van der Waals surface area contributed by atoms with Crippen molar-refractivity contribution in [1.29, 1.82) is 0 Å². The van der Waals surface area contributed by atoms with Gasteiger partial charge in [-0.3, -0.25) is 0 Å². The Morgan fingerprint density at radius 3 is 1.10 bits per heavy atom. The van der Waals surface area contributed by atoms with Crippen LogP contribution in [0.3, 0.4) is 0 Å². The van der Waals surface area contributed by atoms with Gasteiger partial charge in [0.25, 0.3) is 0 Å². The Hall–Kier alpha value is -7.55. The Morgan fingerprint density at radius 2 is 0.736 bits per heavy atom. The number of hydrogen-bond donors (Lipinski definition) is 0. The fraction of sp³-hybridized carbons (Fsp3) is 0.329. The van der Waals surface area contributed by atoms with Gasteiger partial charge in [-0.1, -0.05) is 249 Å². The van der Waals surface area contributed by atoms with E-state index in [1.165, 1.54) is 7.11 Å². The molecule has 15 heteroatoms. The molecule has 10 atom stereocenters. The number of benzene rings is 8. The fourth-order valence-corrected chi connectivity index (χ4v) is 11.1. The van der Waals surface area contributed by atoms with Gasteiger partial charge in [-0.2, -0.15) is 4.89 Å². The lowest BCUT2D eigenvalue weighted by atomic mass is 9.91. The van der Waals surface area contributed by atoms with Gasteiger partial charge in [-0.05, 0) is 57.3 Å². The van der Waals surface area contributed by atoms with Crippen molar-refractivity contribution >= 4 is 5.97 Å². The predicted molar refractivity (Wildman–Crippen MR) is 342 cm³/mol. The van der Waals surface area contributed by atoms with Gasteiger partial charge < -0.3 is 56.8 Å². The minimum absolute atomic E-state index is 0.00362. The number of unbranched alkanes of at least 4 members (excludes halogenated alkanes) is 1. The molecule has 2 fully saturated rings. The highest BCUT2D eigenvalue weighted by molar-refractivity contribution is 5.79. The van der Waals surface area contributed by atoms with E-state index < -0.39 is 73.0 Å². The van der Waals surface area contributed by atoms with Crippen LogP contribution in [0.25, 0.3) is 0 Å². The van der Waals surface area contributed by atoms with Gasteiger partial charge in [0.15, 0.2) is 6.10 Å². The molecule has 0 N–H and O–H groups in total. The van der Waals surface area contributed by atoms with Crippen molar-refractivity contribution in [3.63, 3.8) is 0 Å². The third kappa shape index (κ3) is 19.0. The van der Waals surface area contributed by atoms with Crippen LogP contribution in [-0.4, -0.2) is 99.9 Å². The molecule has 0 radical (unpaired) electrons. The van der Waals surface area contributed by atoms with Gasteiger partial charge >= 0.3 is 11.8 Å². The molecule has 2 saturated heterocycles. The average Bonchev–Trinajstić information content (AvgIpc) is 0.820. The summed E-state index contributed by atoms with van der Waals surface area (Å²) in [6.45, 7) is 4.50. The zero-order valence-corrected chi connectivity index (χ0v) is 51.5. The first-order valence-electron chi connectivity index (χ1n) is 31.1. The highest BCUT2D eigenvalue weighted by atomic mass is 17.2. The maximum Gasteiger partial charge on any atom is 0.372 e. The van der Waals surface area contributed by atoms with E-state index in [2.05, 4.69) is 6.58 Å². The van der Waals surface area contributed by atoms with Crippen LogP contribution in [0, 0.1) is 0 Å². The molecule has 2 heterocycles. The topological polar surface area (TPSA) is 146 Å². The summed E-state index contributed by atoms with van der Waals surface area (Å²) in [6, 6.07) is 78.2. The van der Waals surface area contributed by atoms with Crippen LogP contribution in [0.1, 0.15) is 57.3 Å². The number of carbonyl (C=O) groups is 1. The fourth-order valence-electron chi connectivity index (χ4n) is 11.1. The van der Waals surface area contributed by atoms with E-state index in [0.29, 0.717) is 12.8 Å². The Kier molecular flexibility index (Phi) is 25.8. The first kappa shape index (κ1) is 66.4. The van der Waals surface area contributed by atoms with E-state index in [-0.39, 0.29) is 72.7 Å². The van der Waals surface area contributed by atoms with Crippen LogP contribution in [-0.2, 0) is 124 Å². The van der Waals surface area contributed by atoms with Crippen molar-refractivity contribution in [2.24, 2.45) is 0 Å². The van der Waals surface area contributed by atoms with Crippen LogP contribution in [0.2, 0.25) is 0 Å². The van der Waals surface area contributed by atoms with Gasteiger partial charge in [0.05, 0.1) is 79.8 Å². The van der Waals surface area contributed by atoms with Crippen LogP contribution in [0.4, 0.5) is 0 Å². The standard InChI is InChI=1S/C76H82O15/c1-3-4-29-46-87-75(72(85-53-64-42-25-11-26-43-64)70(83-51-62-38-21-9-22-39-62)68(81-49-60-34-17-7-18-35-60)66(89-75)55-79-47-58-30-13-5-14-31-58)57-88-91-76(74(77)78-2)73(86-54-65-44-27-12-28-45-65)71(84-52-63-40-23-10-24-41-63)69(82-50-61-36-19-8-20-37-61)67(90-76)56-80-48-59-32-15-6-16-33-59/h3,5-28,30-45,66-73H,1,4,29,46-57H2,2H3/t66-,67-,68+,69+,70+,71+,72-,73-,75+,76+/m1/s1. The SMILES string of the molecule is C=CCCCO[C@@]1(COO[C@@]2(C(=O)OC)O[C@H](COCc3ccccc3)[C@H](OCc3ccccc3)[C@H](OCc3ccccc3)[C@H]2OCc2ccccc2)O[C@H](COCc2ccccc2)[C@H](OCc2ccccc2)[C@H](OCc2ccccc2)[C@H]1OCc1ccccc1. The van der Waals surface area contributed by atoms with E-state index in [1.54, 1.807) is 0 Å². The molecule has 476 valence electrons. The van der Waals surface area contributed by atoms with Gasteiger partial charge in [0, 0.05) is 0 Å². The third-order valence-corrected chi connectivity index (χ3v) is 15.7. The quantitative estimate of drug-likeness (QED) is 0.0121. The maximum atomic E-state index is 15.5. The van der Waals surface area contributed by atoms with Crippen LogP contribution < -0.4 is 0 Å². The summed E-state index contributed by atoms with van der Waals surface area (Å²) < 4.78 is 83.3. The molecular weight excluding hydrogens is 1150 g/mol. The summed E-state index contributed by atoms with van der Waals surface area (Å²) in [7, 11) is 1.25. The number of allylic oxidation sites excluding steroid dienone is 1. The van der Waals surface area contributed by atoms with E-state index in [0.717, 1.165) is 44.5 Å². The summed E-state index contributed by atoms with van der Waals surface area (Å²) in [5.74, 6) is -5.51. The van der Waals surface area contributed by atoms with Crippen molar-refractivity contribution in [3.05, 3.63) is 300 Å². The number of esters is 1. The molecule has 8 aromatic rings. The summed E-state index contributed by atoms with van der Waals surface area (Å²) >= 11 is 0. The second-order valence-corrected chi connectivity index (χ2v) is 22.4. The minimum Gasteiger partial charge on any atom is -0.465 e. The molecule has 91 heavy (non-hydrogen) atoms. The lowest BCUT2D eigenvalue weighted by Gasteiger charge is -2.52. The van der Waals surface area contributed by atoms with Gasteiger partial charge in [-0.15, -0.1) is 6.58 Å². The highest BCUT2D eigenvalue weighted by Crippen LogP contribution is 2.43. The molecule has 10 rings (SSSR count). The smallest absolute Gasteiger partial charge is 0.372 e. The van der Waals surface area contributed by atoms with E-state index in [9.17, 15) is 0 Å². The normalized spacial score (nSPS) is 23.1. The Morgan fingerprint density at radius 1 is 0.418 bits per heavy atom. The molecular formula is C76H82O15. The minimum atomic E-state index is -2.58. The van der Waals surface area contributed by atoms with E-state index >= 15 is 4.79 Å². The highest BCUT2D eigenvalue weighted by Gasteiger charge is 2.65. The number of carbonyl (C=O) groups excluding carboxylic acids is 1. The van der Waals surface area contributed by atoms with Crippen molar-refractivity contribution in [3.8, 4) is 0 Å². The van der Waals surface area contributed by atoms with Crippen molar-refractivity contribution in [2.45, 2.75) is 126 Å². The largest absolute Gasteiger partial charge is 0.465 e. The molecule has 0 bridgehead atoms. The number of hydrogen-bond acceptors (Lipinski definition) is 15. The summed E-state index contributed by atoms with van der Waals surface area (Å²) in [5, 5.41) is 0. The second-order valence-electron chi connectivity index (χ2n) is 22.4. The van der Waals surface area contributed by atoms with E-state index in [4.69, 9.17) is 66.6 Å². The third-order valence-electron chi connectivity index (χ3n) is 15.7. The monoisotopic (exact) mass is 1230 g/mol. The molecule has 0 spiro atoms. The summed E-state index contributed by atoms with van der Waals surface area (Å²) in [5.41, 5.74) is 7.08. The Labute approximate surface area is 534 Å². The number of methoxy groups -OCH3 is 1. The summed E-state index contributed by atoms with van der Waals surface area (Å²) in [4.78, 5) is 29.0. The maximum absolute atomic E-state index is 15.5. The molecule has 0 unspecified atom stereocenters. The zero-order valence-electron chi connectivity index (χ0n) is 51.5. The van der Waals surface area contributed by atoms with Gasteiger partial charge in [-0.25, -0.2) is 9.68 Å². The second kappa shape index (κ2) is 35.3. The zero-order chi connectivity index (χ0) is 62.6. The van der Waals surface area contributed by atoms with Crippen LogP contribution in [0.15, 0.2) is 255 Å². The molecule has 0 aromatic heterocycles. The molecule has 0 aliphatic carbocycles. The first-order valence-corrected chi connectivity index (χ1v) is 31.1. The molecule has 0 amide bonds. The van der Waals surface area contributed by atoms with Gasteiger partial charge in [0.2, 0.25) is 5.79 Å². The lowest BCUT2D eigenvalue weighted by Crippen LogP contribution is -2.72. The Bertz CT molecular complexity index is 3300. The predicted octanol–water partition coefficient (Wildman–Crippen LogP) is 13.2. The van der Waals surface area contributed by atoms with Gasteiger partial charge in [0.1, 0.15) is 49.3 Å². The van der Waals surface area contributed by atoms with E-state index in [1.807, 2.05) is 249 Å². The average molecular weight is 1240 g/mol. The lowest BCUT2D eigenvalue weighted by molar-refractivity contribution is -0.494. The molecule has 0 saturated carbocycles. The molecule has 15 nitrogen and oxygen atoms in total. The molecule has 2 aliphatic rings.